The van der Waals surface area contributed by atoms with Gasteiger partial charge >= 0.3 is 0 Å². The highest BCUT2D eigenvalue weighted by Gasteiger charge is 2.24. The number of hydrogen-bond acceptors (Lipinski definition) is 4. The second-order valence-corrected chi connectivity index (χ2v) is 7.13. The molecule has 7 heteroatoms. The van der Waals surface area contributed by atoms with Crippen molar-refractivity contribution in [2.24, 2.45) is 4.99 Å². The van der Waals surface area contributed by atoms with Gasteiger partial charge in [0.2, 0.25) is 0 Å². The quantitative estimate of drug-likeness (QED) is 0.343. The van der Waals surface area contributed by atoms with Gasteiger partial charge in [0.1, 0.15) is 0 Å². The molecule has 0 bridgehead atoms. The topological polar surface area (TPSA) is 81.9 Å². The zero-order valence-corrected chi connectivity index (χ0v) is 17.1. The van der Waals surface area contributed by atoms with Crippen molar-refractivity contribution in [2.75, 3.05) is 32.7 Å². The first-order valence-corrected chi connectivity index (χ1v) is 10.4. The minimum absolute atomic E-state index is 0.207. The fourth-order valence-corrected chi connectivity index (χ4v) is 3.52. The van der Waals surface area contributed by atoms with Gasteiger partial charge in [-0.2, -0.15) is 0 Å². The highest BCUT2D eigenvalue weighted by Crippen LogP contribution is 2.20. The molecule has 2 heterocycles. The zero-order chi connectivity index (χ0) is 20.3. The van der Waals surface area contributed by atoms with Gasteiger partial charge in [-0.25, -0.2) is 0 Å². The van der Waals surface area contributed by atoms with Gasteiger partial charge in [-0.15, -0.1) is 0 Å². The SMILES string of the molecule is CCNC(=NCC1CCCN1Cc1ccccc1)NCCNC(=O)c1ccco1. The molecule has 0 saturated carbocycles. The molecule has 0 spiro atoms. The molecule has 1 aliphatic heterocycles. The largest absolute Gasteiger partial charge is 0.459 e. The van der Waals surface area contributed by atoms with Crippen molar-refractivity contribution in [1.82, 2.24) is 20.9 Å². The fourth-order valence-electron chi connectivity index (χ4n) is 3.52. The van der Waals surface area contributed by atoms with Crippen molar-refractivity contribution in [3.05, 3.63) is 60.1 Å². The number of furan rings is 1. The molecule has 1 unspecified atom stereocenters. The summed E-state index contributed by atoms with van der Waals surface area (Å²) in [5.74, 6) is 0.901. The van der Waals surface area contributed by atoms with Crippen molar-refractivity contribution in [3.63, 3.8) is 0 Å². The summed E-state index contributed by atoms with van der Waals surface area (Å²) in [6.07, 6.45) is 3.89. The van der Waals surface area contributed by atoms with Crippen molar-refractivity contribution >= 4 is 11.9 Å². The number of hydrogen-bond donors (Lipinski definition) is 3. The smallest absolute Gasteiger partial charge is 0.287 e. The minimum Gasteiger partial charge on any atom is -0.459 e. The molecule has 7 nitrogen and oxygen atoms in total. The van der Waals surface area contributed by atoms with E-state index in [9.17, 15) is 4.79 Å². The predicted molar refractivity (Wildman–Crippen MR) is 115 cm³/mol. The van der Waals surface area contributed by atoms with Gasteiger partial charge in [-0.3, -0.25) is 14.7 Å². The van der Waals surface area contributed by atoms with E-state index in [1.54, 1.807) is 12.1 Å². The number of benzene rings is 1. The van der Waals surface area contributed by atoms with Gasteiger partial charge in [0.15, 0.2) is 11.7 Å². The summed E-state index contributed by atoms with van der Waals surface area (Å²) in [4.78, 5) is 19.2. The van der Waals surface area contributed by atoms with Crippen LogP contribution < -0.4 is 16.0 Å². The van der Waals surface area contributed by atoms with E-state index in [-0.39, 0.29) is 5.91 Å². The number of rotatable bonds is 9. The van der Waals surface area contributed by atoms with Crippen LogP contribution in [0.15, 0.2) is 58.1 Å². The number of nitrogens with one attached hydrogen (secondary N) is 3. The Morgan fingerprint density at radius 3 is 2.72 bits per heavy atom. The van der Waals surface area contributed by atoms with Gasteiger partial charge < -0.3 is 20.4 Å². The second kappa shape index (κ2) is 11.3. The normalized spacial score (nSPS) is 17.3. The lowest BCUT2D eigenvalue weighted by atomic mass is 10.2. The average molecular weight is 398 g/mol. The van der Waals surface area contributed by atoms with Crippen molar-refractivity contribution in [2.45, 2.75) is 32.4 Å². The van der Waals surface area contributed by atoms with Crippen LogP contribution in [-0.4, -0.2) is 55.5 Å². The summed E-state index contributed by atoms with van der Waals surface area (Å²) in [7, 11) is 0. The molecule has 1 aliphatic rings. The molecular formula is C22H31N5O2. The molecule has 3 N–H and O–H groups in total. The first kappa shape index (κ1) is 20.9. The minimum atomic E-state index is -0.207. The number of carbonyl (C=O) groups excluding carboxylic acids is 1. The van der Waals surface area contributed by atoms with Gasteiger partial charge in [0, 0.05) is 32.2 Å². The average Bonchev–Trinajstić information content (AvgIpc) is 3.42. The van der Waals surface area contributed by atoms with Gasteiger partial charge in [-0.05, 0) is 44.0 Å². The van der Waals surface area contributed by atoms with Crippen LogP contribution in [0.2, 0.25) is 0 Å². The number of aliphatic imine (C=N–C) groups is 1. The molecule has 156 valence electrons. The summed E-state index contributed by atoms with van der Waals surface area (Å²) in [5.41, 5.74) is 1.35. The summed E-state index contributed by atoms with van der Waals surface area (Å²) < 4.78 is 5.09. The Balaban J connectivity index is 1.44. The Morgan fingerprint density at radius 2 is 1.97 bits per heavy atom. The molecule has 1 atom stereocenters. The standard InChI is InChI=1S/C22H31N5O2/c1-2-23-22(25-13-12-24-21(28)20-11-7-15-29-20)26-16-19-10-6-14-27(19)17-18-8-4-3-5-9-18/h3-5,7-9,11,15,19H,2,6,10,12-14,16-17H2,1H3,(H,24,28)(H2,23,25,26). The van der Waals surface area contributed by atoms with Crippen LogP contribution in [0.1, 0.15) is 35.9 Å². The Labute approximate surface area is 172 Å². The maximum Gasteiger partial charge on any atom is 0.287 e. The summed E-state index contributed by atoms with van der Waals surface area (Å²) in [5, 5.41) is 9.39. The molecule has 1 aromatic carbocycles. The second-order valence-electron chi connectivity index (χ2n) is 7.13. The van der Waals surface area contributed by atoms with Crippen LogP contribution in [0.5, 0.6) is 0 Å². The number of nitrogens with zero attached hydrogens (tertiary/aromatic N) is 2. The number of amides is 1. The molecule has 1 aromatic heterocycles. The van der Waals surface area contributed by atoms with Gasteiger partial charge in [0.05, 0.1) is 12.8 Å². The Kier molecular flexibility index (Phi) is 8.12. The maximum atomic E-state index is 11.9. The van der Waals surface area contributed by atoms with E-state index >= 15 is 0 Å². The maximum absolute atomic E-state index is 11.9. The third-order valence-electron chi connectivity index (χ3n) is 4.98. The van der Waals surface area contributed by atoms with Crippen LogP contribution in [0.4, 0.5) is 0 Å². The van der Waals surface area contributed by atoms with Crippen LogP contribution in [0.3, 0.4) is 0 Å². The Hall–Kier alpha value is -2.80. The van der Waals surface area contributed by atoms with E-state index in [0.29, 0.717) is 24.9 Å². The Morgan fingerprint density at radius 1 is 1.14 bits per heavy atom. The molecule has 3 rings (SSSR count). The highest BCUT2D eigenvalue weighted by atomic mass is 16.3. The molecule has 0 radical (unpaired) electrons. The van der Waals surface area contributed by atoms with E-state index in [0.717, 1.165) is 32.1 Å². The highest BCUT2D eigenvalue weighted by molar-refractivity contribution is 5.91. The molecule has 2 aromatic rings. The van der Waals surface area contributed by atoms with Crippen molar-refractivity contribution < 1.29 is 9.21 Å². The summed E-state index contributed by atoms with van der Waals surface area (Å²) in [6, 6.07) is 14.4. The van der Waals surface area contributed by atoms with Crippen LogP contribution in [-0.2, 0) is 6.54 Å². The summed E-state index contributed by atoms with van der Waals surface area (Å²) in [6.45, 7) is 6.79. The molecule has 29 heavy (non-hydrogen) atoms. The lowest BCUT2D eigenvalue weighted by Gasteiger charge is -2.23. The molecule has 1 fully saturated rings. The lowest BCUT2D eigenvalue weighted by Crippen LogP contribution is -2.42. The zero-order valence-electron chi connectivity index (χ0n) is 17.1. The van der Waals surface area contributed by atoms with Crippen molar-refractivity contribution in [1.29, 1.82) is 0 Å². The lowest BCUT2D eigenvalue weighted by molar-refractivity contribution is 0.0926. The van der Waals surface area contributed by atoms with E-state index in [2.05, 4.69) is 51.2 Å². The Bertz CT molecular complexity index is 761. The van der Waals surface area contributed by atoms with Crippen molar-refractivity contribution in [3.8, 4) is 0 Å². The summed E-state index contributed by atoms with van der Waals surface area (Å²) >= 11 is 0. The third-order valence-corrected chi connectivity index (χ3v) is 4.98. The number of guanidine groups is 1. The van der Waals surface area contributed by atoms with Crippen LogP contribution in [0.25, 0.3) is 0 Å². The first-order valence-electron chi connectivity index (χ1n) is 10.4. The van der Waals surface area contributed by atoms with E-state index in [1.165, 1.54) is 24.7 Å². The van der Waals surface area contributed by atoms with Crippen LogP contribution >= 0.6 is 0 Å². The van der Waals surface area contributed by atoms with E-state index < -0.39 is 0 Å². The van der Waals surface area contributed by atoms with E-state index in [1.807, 2.05) is 6.92 Å². The third kappa shape index (κ3) is 6.64. The number of carbonyl (C=O) groups is 1. The molecular weight excluding hydrogens is 366 g/mol. The molecule has 1 amide bonds. The number of likely N-dealkylation sites (tertiary alicyclic amines) is 1. The predicted octanol–water partition coefficient (Wildman–Crippen LogP) is 2.23. The monoisotopic (exact) mass is 397 g/mol. The van der Waals surface area contributed by atoms with Gasteiger partial charge in [-0.1, -0.05) is 30.3 Å². The van der Waals surface area contributed by atoms with Crippen LogP contribution in [0, 0.1) is 0 Å². The van der Waals surface area contributed by atoms with Gasteiger partial charge in [0.25, 0.3) is 5.91 Å². The molecule has 0 aliphatic carbocycles. The molecule has 1 saturated heterocycles. The first-order chi connectivity index (χ1) is 14.3. The van der Waals surface area contributed by atoms with E-state index in [4.69, 9.17) is 9.41 Å². The fraction of sp³-hybridized carbons (Fsp3) is 0.455.